The number of nitrogens with zero attached hydrogens (tertiary/aromatic N) is 2. The first-order valence-corrected chi connectivity index (χ1v) is 9.87. The molecule has 1 N–H and O–H groups in total. The minimum Gasteiger partial charge on any atom is -0.406 e. The highest BCUT2D eigenvalue weighted by atomic mass is 32.1. The number of likely N-dealkylation sites (tertiary alicyclic amines) is 1. The van der Waals surface area contributed by atoms with Crippen molar-refractivity contribution >= 4 is 38.5 Å². The molecule has 1 unspecified atom stereocenters. The molecule has 6 nitrogen and oxygen atoms in total. The number of thiazole rings is 1. The molecular weight excluding hydrogens is 395 g/mol. The summed E-state index contributed by atoms with van der Waals surface area (Å²) < 4.78 is 41.4. The molecule has 0 radical (unpaired) electrons. The summed E-state index contributed by atoms with van der Waals surface area (Å²) >= 11 is 1.06. The van der Waals surface area contributed by atoms with Gasteiger partial charge in [0.05, 0.1) is 16.1 Å². The second-order valence-electron chi connectivity index (χ2n) is 7.07. The molecule has 1 atom stereocenters. The number of nitrogens with one attached hydrogen (secondary N) is 1. The number of carbonyl (C=O) groups excluding carboxylic acids is 2. The number of alkyl halides is 3. The Labute approximate surface area is 162 Å². The zero-order valence-corrected chi connectivity index (χ0v) is 15.6. The Balaban J connectivity index is 1.43. The molecule has 1 saturated carbocycles. The van der Waals surface area contributed by atoms with E-state index in [1.807, 2.05) is 4.90 Å². The van der Waals surface area contributed by atoms with Gasteiger partial charge in [-0.1, -0.05) is 24.2 Å². The number of rotatable bonds is 4. The van der Waals surface area contributed by atoms with Crippen LogP contribution in [0.1, 0.15) is 32.1 Å². The minimum atomic E-state index is -4.77. The maximum absolute atomic E-state index is 12.6. The molecule has 2 aliphatic rings. The molecule has 2 amide bonds. The van der Waals surface area contributed by atoms with Crippen LogP contribution in [0.25, 0.3) is 10.2 Å². The quantitative estimate of drug-likeness (QED) is 0.825. The molecule has 2 heterocycles. The smallest absolute Gasteiger partial charge is 0.406 e. The van der Waals surface area contributed by atoms with Gasteiger partial charge in [-0.15, -0.1) is 13.2 Å². The van der Waals surface area contributed by atoms with Crippen molar-refractivity contribution in [2.45, 2.75) is 44.5 Å². The lowest BCUT2D eigenvalue weighted by Crippen LogP contribution is -2.35. The summed E-state index contributed by atoms with van der Waals surface area (Å²) in [6.45, 7) is 0.407. The maximum Gasteiger partial charge on any atom is 0.573 e. The summed E-state index contributed by atoms with van der Waals surface area (Å²) in [6.07, 6.45) is -0.402. The standard InChI is InChI=1S/C18H18F3N3O3S/c19-18(20,21)27-12-5-6-13-14(8-12)28-17(22-13)23-16(26)10-7-15(25)24(9-10)11-3-1-2-4-11/h5-6,8,10-11H,1-4,7,9H2,(H,22,23,26). The first kappa shape index (κ1) is 19.0. The Morgan fingerprint density at radius 3 is 2.75 bits per heavy atom. The molecule has 1 aliphatic carbocycles. The zero-order valence-electron chi connectivity index (χ0n) is 14.8. The third-order valence-corrected chi connectivity index (χ3v) is 6.05. The summed E-state index contributed by atoms with van der Waals surface area (Å²) in [6, 6.07) is 4.05. The van der Waals surface area contributed by atoms with Gasteiger partial charge >= 0.3 is 6.36 Å². The van der Waals surface area contributed by atoms with E-state index in [1.165, 1.54) is 18.2 Å². The first-order valence-electron chi connectivity index (χ1n) is 9.05. The van der Waals surface area contributed by atoms with E-state index in [4.69, 9.17) is 0 Å². The van der Waals surface area contributed by atoms with Gasteiger partial charge in [0.15, 0.2) is 5.13 Å². The van der Waals surface area contributed by atoms with Gasteiger partial charge in [0, 0.05) is 25.1 Å². The topological polar surface area (TPSA) is 71.5 Å². The molecule has 10 heteroatoms. The number of anilines is 1. The Kier molecular flexibility index (Phi) is 4.90. The Bertz CT molecular complexity index is 908. The summed E-state index contributed by atoms with van der Waals surface area (Å²) in [7, 11) is 0. The number of hydrogen-bond acceptors (Lipinski definition) is 5. The number of benzene rings is 1. The third kappa shape index (κ3) is 4.06. The average molecular weight is 413 g/mol. The maximum atomic E-state index is 12.6. The molecule has 1 aliphatic heterocycles. The second kappa shape index (κ2) is 7.23. The number of fused-ring (bicyclic) bond motifs is 1. The lowest BCUT2D eigenvalue weighted by Gasteiger charge is -2.23. The highest BCUT2D eigenvalue weighted by Crippen LogP contribution is 2.33. The van der Waals surface area contributed by atoms with Gasteiger partial charge in [-0.25, -0.2) is 4.98 Å². The molecule has 4 rings (SSSR count). The van der Waals surface area contributed by atoms with Crippen LogP contribution in [0.5, 0.6) is 5.75 Å². The Hall–Kier alpha value is -2.36. The van der Waals surface area contributed by atoms with E-state index in [2.05, 4.69) is 15.0 Å². The van der Waals surface area contributed by atoms with Gasteiger partial charge in [-0.3, -0.25) is 9.59 Å². The summed E-state index contributed by atoms with van der Waals surface area (Å²) in [5.41, 5.74) is 0.463. The minimum absolute atomic E-state index is 0.00490. The fourth-order valence-electron chi connectivity index (χ4n) is 3.84. The summed E-state index contributed by atoms with van der Waals surface area (Å²) in [5.74, 6) is -1.07. The van der Waals surface area contributed by atoms with E-state index in [-0.39, 0.29) is 35.2 Å². The molecule has 1 aromatic heterocycles. The van der Waals surface area contributed by atoms with Gasteiger partial charge in [-0.05, 0) is 25.0 Å². The first-order chi connectivity index (χ1) is 13.3. The zero-order chi connectivity index (χ0) is 19.9. The number of ether oxygens (including phenoxy) is 1. The van der Waals surface area contributed by atoms with Crippen LogP contribution in [0, 0.1) is 5.92 Å². The lowest BCUT2D eigenvalue weighted by atomic mass is 10.1. The van der Waals surface area contributed by atoms with E-state index < -0.39 is 12.3 Å². The molecule has 150 valence electrons. The lowest BCUT2D eigenvalue weighted by molar-refractivity contribution is -0.274. The van der Waals surface area contributed by atoms with E-state index in [0.717, 1.165) is 37.0 Å². The molecule has 2 fully saturated rings. The van der Waals surface area contributed by atoms with Crippen molar-refractivity contribution in [3.05, 3.63) is 18.2 Å². The largest absolute Gasteiger partial charge is 0.573 e. The molecule has 1 saturated heterocycles. The molecule has 2 aromatic rings. The van der Waals surface area contributed by atoms with Gasteiger partial charge in [0.25, 0.3) is 0 Å². The average Bonchev–Trinajstić information content (AvgIpc) is 3.31. The van der Waals surface area contributed by atoms with Gasteiger partial charge in [0.2, 0.25) is 11.8 Å². The van der Waals surface area contributed by atoms with Crippen LogP contribution in [-0.4, -0.2) is 40.6 Å². The van der Waals surface area contributed by atoms with Crippen molar-refractivity contribution in [3.8, 4) is 5.75 Å². The molecule has 28 heavy (non-hydrogen) atoms. The van der Waals surface area contributed by atoms with Gasteiger partial charge < -0.3 is 15.0 Å². The second-order valence-corrected chi connectivity index (χ2v) is 8.10. The van der Waals surface area contributed by atoms with Crippen molar-refractivity contribution in [3.63, 3.8) is 0 Å². The van der Waals surface area contributed by atoms with Crippen molar-refractivity contribution in [1.29, 1.82) is 0 Å². The number of amides is 2. The van der Waals surface area contributed by atoms with E-state index in [1.54, 1.807) is 0 Å². The summed E-state index contributed by atoms with van der Waals surface area (Å²) in [5, 5.41) is 2.99. The van der Waals surface area contributed by atoms with Crippen molar-refractivity contribution < 1.29 is 27.5 Å². The van der Waals surface area contributed by atoms with Crippen LogP contribution in [-0.2, 0) is 9.59 Å². The molecule has 1 aromatic carbocycles. The number of carbonyl (C=O) groups is 2. The molecule has 0 bridgehead atoms. The SMILES string of the molecule is O=C(Nc1nc2ccc(OC(F)(F)F)cc2s1)C1CC(=O)N(C2CCCC2)C1. The normalized spacial score (nSPS) is 20.9. The molecular formula is C18H18F3N3O3S. The monoisotopic (exact) mass is 413 g/mol. The highest BCUT2D eigenvalue weighted by Gasteiger charge is 2.38. The fraction of sp³-hybridized carbons (Fsp3) is 0.500. The number of halogens is 3. The van der Waals surface area contributed by atoms with Crippen LogP contribution < -0.4 is 10.1 Å². The predicted octanol–water partition coefficient (Wildman–Crippen LogP) is 3.92. The van der Waals surface area contributed by atoms with Gasteiger partial charge in [0.1, 0.15) is 5.75 Å². The molecule has 0 spiro atoms. The van der Waals surface area contributed by atoms with E-state index in [0.29, 0.717) is 16.8 Å². The Morgan fingerprint density at radius 1 is 1.29 bits per heavy atom. The third-order valence-electron chi connectivity index (χ3n) is 5.12. The predicted molar refractivity (Wildman–Crippen MR) is 97.0 cm³/mol. The number of hydrogen-bond donors (Lipinski definition) is 1. The van der Waals surface area contributed by atoms with Crippen LogP contribution in [0.2, 0.25) is 0 Å². The van der Waals surface area contributed by atoms with Crippen LogP contribution in [0.15, 0.2) is 18.2 Å². The van der Waals surface area contributed by atoms with E-state index in [9.17, 15) is 22.8 Å². The van der Waals surface area contributed by atoms with Crippen LogP contribution in [0.4, 0.5) is 18.3 Å². The van der Waals surface area contributed by atoms with Crippen LogP contribution in [0.3, 0.4) is 0 Å². The summed E-state index contributed by atoms with van der Waals surface area (Å²) in [4.78, 5) is 30.8. The van der Waals surface area contributed by atoms with Gasteiger partial charge in [-0.2, -0.15) is 0 Å². The number of aromatic nitrogens is 1. The fourth-order valence-corrected chi connectivity index (χ4v) is 4.74. The van der Waals surface area contributed by atoms with Crippen LogP contribution >= 0.6 is 11.3 Å². The highest BCUT2D eigenvalue weighted by molar-refractivity contribution is 7.22. The van der Waals surface area contributed by atoms with Crippen molar-refractivity contribution in [2.24, 2.45) is 5.92 Å². The Morgan fingerprint density at radius 2 is 2.04 bits per heavy atom. The van der Waals surface area contributed by atoms with E-state index >= 15 is 0 Å². The van der Waals surface area contributed by atoms with Crippen molar-refractivity contribution in [2.75, 3.05) is 11.9 Å². The van der Waals surface area contributed by atoms with Crippen molar-refractivity contribution in [1.82, 2.24) is 9.88 Å².